The number of quaternary nitrogens is 1. The average molecular weight is 399 g/mol. The Morgan fingerprint density at radius 1 is 1.36 bits per heavy atom. The number of carbonyl (C=O) groups is 1. The number of thiophene rings is 1. The zero-order chi connectivity index (χ0) is 19.7. The number of hydrogen-bond acceptors (Lipinski definition) is 3. The van der Waals surface area contributed by atoms with Gasteiger partial charge in [-0.25, -0.2) is 4.39 Å². The van der Waals surface area contributed by atoms with Crippen LogP contribution >= 0.6 is 11.3 Å². The summed E-state index contributed by atoms with van der Waals surface area (Å²) < 4.78 is 14.0. The highest BCUT2D eigenvalue weighted by atomic mass is 32.1. The van der Waals surface area contributed by atoms with Crippen LogP contribution in [0.25, 0.3) is 0 Å². The monoisotopic (exact) mass is 398 g/mol. The number of hydrogen-bond donors (Lipinski definition) is 2. The number of nitriles is 1. The van der Waals surface area contributed by atoms with Gasteiger partial charge < -0.3 is 10.2 Å². The van der Waals surface area contributed by atoms with Gasteiger partial charge in [-0.1, -0.05) is 25.1 Å². The third-order valence-electron chi connectivity index (χ3n) is 5.79. The fourth-order valence-corrected chi connectivity index (χ4v) is 5.44. The molecule has 0 spiro atoms. The molecule has 0 radical (unpaired) electrons. The van der Waals surface area contributed by atoms with Crippen LogP contribution in [0.1, 0.15) is 47.8 Å². The van der Waals surface area contributed by atoms with Gasteiger partial charge >= 0.3 is 0 Å². The van der Waals surface area contributed by atoms with Crippen molar-refractivity contribution in [2.24, 2.45) is 5.92 Å². The minimum atomic E-state index is -0.215. The summed E-state index contributed by atoms with van der Waals surface area (Å²) in [5.74, 6) is 0.311. The fourth-order valence-electron chi connectivity index (χ4n) is 4.06. The number of rotatable bonds is 6. The molecule has 0 bridgehead atoms. The second-order valence-electron chi connectivity index (χ2n) is 8.09. The zero-order valence-electron chi connectivity index (χ0n) is 16.1. The molecular weight excluding hydrogens is 373 g/mol. The third kappa shape index (κ3) is 4.11. The van der Waals surface area contributed by atoms with E-state index in [4.69, 9.17) is 0 Å². The molecule has 4 rings (SSSR count). The summed E-state index contributed by atoms with van der Waals surface area (Å²) in [4.78, 5) is 15.1. The molecule has 1 aromatic heterocycles. The van der Waals surface area contributed by atoms with Crippen molar-refractivity contribution >= 4 is 22.2 Å². The standard InChI is InChI=1S/C22H24FN3OS/c1-14-6-9-17-18(11-24)22(28-20(17)10-14)25-21(27)13-26(16-7-8-16)12-15-4-2-3-5-19(15)23/h2-5,14,16H,6-10,12-13H2,1H3,(H,25,27)/p+1/t14-/m0/s1. The van der Waals surface area contributed by atoms with Crippen LogP contribution in [-0.4, -0.2) is 18.5 Å². The van der Waals surface area contributed by atoms with E-state index in [1.54, 1.807) is 23.5 Å². The molecule has 1 unspecified atom stereocenters. The Morgan fingerprint density at radius 2 is 2.14 bits per heavy atom. The van der Waals surface area contributed by atoms with Gasteiger partial charge in [-0.05, 0) is 36.8 Å². The Labute approximate surface area is 169 Å². The van der Waals surface area contributed by atoms with Crippen LogP contribution in [0.5, 0.6) is 0 Å². The van der Waals surface area contributed by atoms with Crippen LogP contribution in [0.2, 0.25) is 0 Å². The lowest BCUT2D eigenvalue weighted by Crippen LogP contribution is -3.13. The first kappa shape index (κ1) is 19.1. The highest BCUT2D eigenvalue weighted by Gasteiger charge is 2.35. The van der Waals surface area contributed by atoms with Gasteiger partial charge in [0.1, 0.15) is 23.4 Å². The number of anilines is 1. The number of nitrogens with one attached hydrogen (secondary N) is 2. The van der Waals surface area contributed by atoms with Crippen LogP contribution < -0.4 is 10.2 Å². The second kappa shape index (κ2) is 8.02. The highest BCUT2D eigenvalue weighted by molar-refractivity contribution is 7.16. The molecular formula is C22H25FN3OS+. The minimum Gasteiger partial charge on any atom is -0.321 e. The maximum Gasteiger partial charge on any atom is 0.280 e. The molecule has 6 heteroatoms. The first-order valence-electron chi connectivity index (χ1n) is 9.97. The van der Waals surface area contributed by atoms with Gasteiger partial charge in [0.25, 0.3) is 5.91 Å². The molecule has 146 valence electrons. The van der Waals surface area contributed by atoms with Gasteiger partial charge in [0.2, 0.25) is 0 Å². The maximum absolute atomic E-state index is 14.0. The van der Waals surface area contributed by atoms with Crippen molar-refractivity contribution in [2.45, 2.75) is 51.6 Å². The Morgan fingerprint density at radius 3 is 2.86 bits per heavy atom. The molecule has 1 aromatic carbocycles. The number of carbonyl (C=O) groups excluding carboxylic acids is 1. The molecule has 28 heavy (non-hydrogen) atoms. The second-order valence-corrected chi connectivity index (χ2v) is 9.20. The predicted molar refractivity (Wildman–Crippen MR) is 108 cm³/mol. The van der Waals surface area contributed by atoms with E-state index in [0.717, 1.165) is 42.6 Å². The van der Waals surface area contributed by atoms with Crippen molar-refractivity contribution in [1.82, 2.24) is 0 Å². The van der Waals surface area contributed by atoms with Crippen LogP contribution in [0.3, 0.4) is 0 Å². The van der Waals surface area contributed by atoms with Crippen molar-refractivity contribution in [3.05, 3.63) is 51.7 Å². The molecule has 1 saturated carbocycles. The molecule has 2 aliphatic rings. The van der Waals surface area contributed by atoms with Crippen LogP contribution in [0.4, 0.5) is 9.39 Å². The van der Waals surface area contributed by atoms with Crippen molar-refractivity contribution < 1.29 is 14.1 Å². The van der Waals surface area contributed by atoms with E-state index < -0.39 is 0 Å². The summed E-state index contributed by atoms with van der Waals surface area (Å²) in [6.45, 7) is 3.03. The fraction of sp³-hybridized carbons (Fsp3) is 0.455. The molecule has 2 aromatic rings. The summed E-state index contributed by atoms with van der Waals surface area (Å²) in [5, 5.41) is 13.3. The van der Waals surface area contributed by atoms with Crippen LogP contribution in [0, 0.1) is 23.1 Å². The van der Waals surface area contributed by atoms with Crippen LogP contribution in [0.15, 0.2) is 24.3 Å². The Bertz CT molecular complexity index is 928. The molecule has 2 aliphatic carbocycles. The SMILES string of the molecule is C[C@H]1CCc2c(sc(NC(=O)C[NH+](Cc3ccccc3F)C3CC3)c2C#N)C1. The quantitative estimate of drug-likeness (QED) is 0.786. The summed E-state index contributed by atoms with van der Waals surface area (Å²) in [7, 11) is 0. The van der Waals surface area contributed by atoms with E-state index >= 15 is 0 Å². The van der Waals surface area contributed by atoms with E-state index in [1.807, 2.05) is 6.07 Å². The van der Waals surface area contributed by atoms with Crippen molar-refractivity contribution in [3.8, 4) is 6.07 Å². The normalized spacial score (nSPS) is 19.5. The topological polar surface area (TPSA) is 57.3 Å². The summed E-state index contributed by atoms with van der Waals surface area (Å²) in [6, 6.07) is 9.49. The summed E-state index contributed by atoms with van der Waals surface area (Å²) in [6.07, 6.45) is 5.14. The molecule has 1 heterocycles. The number of nitrogens with zero attached hydrogens (tertiary/aromatic N) is 1. The molecule has 0 aliphatic heterocycles. The number of amides is 1. The van der Waals surface area contributed by atoms with Gasteiger partial charge in [-0.3, -0.25) is 4.79 Å². The first-order chi connectivity index (χ1) is 13.5. The van der Waals surface area contributed by atoms with Crippen molar-refractivity contribution in [2.75, 3.05) is 11.9 Å². The lowest BCUT2D eigenvalue weighted by Gasteiger charge is -2.19. The summed E-state index contributed by atoms with van der Waals surface area (Å²) >= 11 is 1.55. The van der Waals surface area contributed by atoms with E-state index in [0.29, 0.717) is 41.2 Å². The van der Waals surface area contributed by atoms with Crippen molar-refractivity contribution in [3.63, 3.8) is 0 Å². The highest BCUT2D eigenvalue weighted by Crippen LogP contribution is 2.39. The molecule has 4 nitrogen and oxygen atoms in total. The van der Waals surface area contributed by atoms with Crippen LogP contribution in [-0.2, 0) is 24.2 Å². The van der Waals surface area contributed by atoms with Gasteiger partial charge in [-0.2, -0.15) is 5.26 Å². The number of benzene rings is 1. The van der Waals surface area contributed by atoms with Gasteiger partial charge in [0.05, 0.1) is 11.6 Å². The Kier molecular flexibility index (Phi) is 5.47. The first-order valence-corrected chi connectivity index (χ1v) is 10.8. The largest absolute Gasteiger partial charge is 0.321 e. The van der Waals surface area contributed by atoms with Crippen molar-refractivity contribution in [1.29, 1.82) is 5.26 Å². The third-order valence-corrected chi connectivity index (χ3v) is 6.96. The average Bonchev–Trinajstić information content (AvgIpc) is 3.45. The molecule has 0 saturated heterocycles. The number of fused-ring (bicyclic) bond motifs is 1. The Balaban J connectivity index is 1.46. The summed E-state index contributed by atoms with van der Waals surface area (Å²) in [5.41, 5.74) is 2.41. The van der Waals surface area contributed by atoms with E-state index in [-0.39, 0.29) is 11.7 Å². The van der Waals surface area contributed by atoms with E-state index in [1.165, 1.54) is 10.9 Å². The zero-order valence-corrected chi connectivity index (χ0v) is 16.9. The Hall–Kier alpha value is -2.23. The number of halogens is 1. The lowest BCUT2D eigenvalue weighted by molar-refractivity contribution is -0.917. The molecule has 1 amide bonds. The van der Waals surface area contributed by atoms with Gasteiger partial charge in [0.15, 0.2) is 6.54 Å². The van der Waals surface area contributed by atoms with Gasteiger partial charge in [0, 0.05) is 23.3 Å². The predicted octanol–water partition coefficient (Wildman–Crippen LogP) is 3.07. The van der Waals surface area contributed by atoms with Gasteiger partial charge in [-0.15, -0.1) is 11.3 Å². The van der Waals surface area contributed by atoms with E-state index in [2.05, 4.69) is 18.3 Å². The molecule has 2 N–H and O–H groups in total. The molecule has 2 atom stereocenters. The lowest BCUT2D eigenvalue weighted by atomic mass is 9.89. The minimum absolute atomic E-state index is 0.0959. The molecule has 1 fully saturated rings. The smallest absolute Gasteiger partial charge is 0.280 e. The maximum atomic E-state index is 14.0. The van der Waals surface area contributed by atoms with E-state index in [9.17, 15) is 14.4 Å².